The fourth-order valence-corrected chi connectivity index (χ4v) is 13.8. The fourth-order valence-electron chi connectivity index (χ4n) is 13.8. The van der Waals surface area contributed by atoms with Crippen LogP contribution in [-0.2, 0) is 28.6 Å². The first-order valence-corrected chi connectivity index (χ1v) is 17.8. The number of nitrogens with zero attached hydrogens (tertiary/aromatic N) is 3. The van der Waals surface area contributed by atoms with E-state index in [1.165, 1.54) is 11.1 Å². The molecule has 9 heteroatoms. The lowest BCUT2D eigenvalue weighted by atomic mass is 9.63. The third kappa shape index (κ3) is 2.71. The van der Waals surface area contributed by atoms with Crippen LogP contribution in [0.15, 0.2) is 46.1 Å². The summed E-state index contributed by atoms with van der Waals surface area (Å²) in [7, 11) is 0. The maximum absolute atomic E-state index is 14.4. The number of rotatable bonds is 2. The summed E-state index contributed by atoms with van der Waals surface area (Å²) in [6.45, 7) is 3.10. The van der Waals surface area contributed by atoms with Crippen LogP contribution in [0.3, 0.4) is 0 Å². The van der Waals surface area contributed by atoms with Gasteiger partial charge in [-0.25, -0.2) is 14.4 Å². The number of esters is 3. The van der Waals surface area contributed by atoms with Crippen LogP contribution in [0.1, 0.15) is 70.6 Å². The molecule has 9 aliphatic heterocycles. The van der Waals surface area contributed by atoms with Gasteiger partial charge in [-0.15, -0.1) is 0 Å². The van der Waals surface area contributed by atoms with Gasteiger partial charge in [0.25, 0.3) is 0 Å². The molecule has 2 saturated carbocycles. The van der Waals surface area contributed by atoms with Crippen molar-refractivity contribution in [3.63, 3.8) is 0 Å². The number of ether oxygens (including phenoxy) is 3. The van der Waals surface area contributed by atoms with Crippen molar-refractivity contribution in [1.29, 1.82) is 0 Å². The van der Waals surface area contributed by atoms with Crippen LogP contribution in [0.25, 0.3) is 0 Å². The molecule has 9 heterocycles. The van der Waals surface area contributed by atoms with Gasteiger partial charge in [0.15, 0.2) is 16.8 Å². The molecule has 6 bridgehead atoms. The Morgan fingerprint density at radius 3 is 2.11 bits per heavy atom. The summed E-state index contributed by atoms with van der Waals surface area (Å²) in [4.78, 5) is 48.0. The molecule has 0 aromatic carbocycles. The highest BCUT2D eigenvalue weighted by atomic mass is 16.6. The Morgan fingerprint density at radius 2 is 1.31 bits per heavy atom. The zero-order valence-electron chi connectivity index (χ0n) is 25.5. The molecular weight excluding hydrogens is 570 g/mol. The fraction of sp³-hybridized carbons (Fsp3) is 0.694. The number of hydrogen-bond donors (Lipinski definition) is 0. The van der Waals surface area contributed by atoms with Gasteiger partial charge < -0.3 is 14.2 Å². The normalized spacial score (nSPS) is 51.7. The summed E-state index contributed by atoms with van der Waals surface area (Å²) in [5.41, 5.74) is 4.16. The van der Waals surface area contributed by atoms with Crippen molar-refractivity contribution in [2.24, 2.45) is 11.8 Å². The first kappa shape index (κ1) is 25.4. The second-order valence-corrected chi connectivity index (χ2v) is 16.3. The molecule has 3 spiro atoms. The van der Waals surface area contributed by atoms with Gasteiger partial charge in [0.2, 0.25) is 0 Å². The van der Waals surface area contributed by atoms with Gasteiger partial charge >= 0.3 is 17.9 Å². The van der Waals surface area contributed by atoms with Crippen molar-refractivity contribution in [1.82, 2.24) is 14.7 Å². The standard InChI is InChI=1S/C36H39N3O6/c40-30-11-18-10-22(26-16-34(18,43-30)27-4-2-9-39(26)27)32-24-13-21(25-17-36(24,45-33(32)42)29-6-3-8-38(25)29)20-12-19-15-35(23(20)14-31(41)44-35)28-5-1-7-37(19)28/h11-12,14,19,21-22,25-29H,1-10,13,15-17H2/t19-,21?,22+,25+,26+,27-,28-,29-,34+,35+,36+/m1/s1. The second-order valence-electron chi connectivity index (χ2n) is 16.3. The van der Waals surface area contributed by atoms with Crippen LogP contribution in [0.5, 0.6) is 0 Å². The van der Waals surface area contributed by atoms with E-state index in [1.807, 2.05) is 6.08 Å². The van der Waals surface area contributed by atoms with Gasteiger partial charge in [-0.3, -0.25) is 14.7 Å². The van der Waals surface area contributed by atoms with Crippen molar-refractivity contribution in [2.75, 3.05) is 19.6 Å². The molecular formula is C36H39N3O6. The van der Waals surface area contributed by atoms with E-state index in [4.69, 9.17) is 14.2 Å². The quantitative estimate of drug-likeness (QED) is 0.347. The van der Waals surface area contributed by atoms with Crippen molar-refractivity contribution in [2.45, 2.75) is 124 Å². The Kier molecular flexibility index (Phi) is 4.42. The van der Waals surface area contributed by atoms with Gasteiger partial charge in [0, 0.05) is 72.5 Å². The van der Waals surface area contributed by atoms with Crippen molar-refractivity contribution in [3.05, 3.63) is 46.1 Å². The van der Waals surface area contributed by atoms with E-state index >= 15 is 0 Å². The highest BCUT2D eigenvalue weighted by molar-refractivity contribution is 5.95. The van der Waals surface area contributed by atoms with E-state index in [0.29, 0.717) is 12.5 Å². The van der Waals surface area contributed by atoms with E-state index in [1.54, 1.807) is 6.08 Å². The third-order valence-electron chi connectivity index (χ3n) is 15.0. The van der Waals surface area contributed by atoms with E-state index in [0.717, 1.165) is 101 Å². The average Bonchev–Trinajstić information content (AvgIpc) is 3.85. The van der Waals surface area contributed by atoms with Crippen molar-refractivity contribution in [3.8, 4) is 0 Å². The molecule has 6 saturated heterocycles. The van der Waals surface area contributed by atoms with E-state index in [2.05, 4.69) is 20.8 Å². The summed E-state index contributed by atoms with van der Waals surface area (Å²) >= 11 is 0. The van der Waals surface area contributed by atoms with E-state index in [9.17, 15) is 14.4 Å². The predicted molar refractivity (Wildman–Crippen MR) is 158 cm³/mol. The first-order chi connectivity index (χ1) is 21.9. The summed E-state index contributed by atoms with van der Waals surface area (Å²) < 4.78 is 19.2. The van der Waals surface area contributed by atoms with Crippen LogP contribution in [0.2, 0.25) is 0 Å². The Bertz CT molecular complexity index is 1680. The Labute approximate surface area is 262 Å². The molecule has 12 rings (SSSR count). The molecule has 1 unspecified atom stereocenters. The van der Waals surface area contributed by atoms with Crippen LogP contribution >= 0.6 is 0 Å². The molecule has 0 N–H and O–H groups in total. The monoisotopic (exact) mass is 609 g/mol. The molecule has 0 aromatic heterocycles. The molecule has 0 aromatic rings. The number of hydrogen-bond acceptors (Lipinski definition) is 9. The van der Waals surface area contributed by atoms with Gasteiger partial charge in [0.1, 0.15) is 0 Å². The summed E-state index contributed by atoms with van der Waals surface area (Å²) in [5.74, 6) is -0.300. The molecule has 11 atom stereocenters. The highest BCUT2D eigenvalue weighted by Crippen LogP contribution is 2.65. The molecule has 45 heavy (non-hydrogen) atoms. The topological polar surface area (TPSA) is 88.6 Å². The summed E-state index contributed by atoms with van der Waals surface area (Å²) in [6, 6.07) is 1.50. The average molecular weight is 610 g/mol. The highest BCUT2D eigenvalue weighted by Gasteiger charge is 2.71. The molecule has 234 valence electrons. The summed E-state index contributed by atoms with van der Waals surface area (Å²) in [5, 5.41) is 0. The zero-order valence-corrected chi connectivity index (χ0v) is 25.5. The van der Waals surface area contributed by atoms with Gasteiger partial charge in [-0.2, -0.15) is 0 Å². The van der Waals surface area contributed by atoms with Crippen LogP contribution in [-0.4, -0.2) is 105 Å². The van der Waals surface area contributed by atoms with E-state index < -0.39 is 16.8 Å². The lowest BCUT2D eigenvalue weighted by Crippen LogP contribution is -2.46. The van der Waals surface area contributed by atoms with E-state index in [-0.39, 0.29) is 60.0 Å². The largest absolute Gasteiger partial charge is 0.450 e. The molecule has 3 aliphatic carbocycles. The maximum atomic E-state index is 14.4. The maximum Gasteiger partial charge on any atom is 0.335 e. The Balaban J connectivity index is 1.02. The lowest BCUT2D eigenvalue weighted by Gasteiger charge is -2.42. The number of carbonyl (C=O) groups excluding carboxylic acids is 3. The predicted octanol–water partition coefficient (Wildman–Crippen LogP) is 2.71. The molecule has 0 amide bonds. The Morgan fingerprint density at radius 1 is 0.667 bits per heavy atom. The van der Waals surface area contributed by atoms with Crippen LogP contribution in [0, 0.1) is 11.8 Å². The smallest absolute Gasteiger partial charge is 0.335 e. The SMILES string of the molecule is O=C1C=C2C(C3CC4=C([C@H]5CC6=CC(=O)O[C@@]67C[C@@H]5N5CCC[C@@H]57)C(=O)O[C@@]45C[C@@H]3N3CCC[C@@H]35)=C[C@@H]3C[C@@]2(O1)[C@H]1CCCN31. The third-order valence-corrected chi connectivity index (χ3v) is 15.0. The van der Waals surface area contributed by atoms with Crippen LogP contribution < -0.4 is 0 Å². The second kappa shape index (κ2) is 7.85. The van der Waals surface area contributed by atoms with Crippen molar-refractivity contribution < 1.29 is 28.6 Å². The molecule has 12 aliphatic rings. The van der Waals surface area contributed by atoms with Gasteiger partial charge in [-0.1, -0.05) is 6.08 Å². The molecule has 9 nitrogen and oxygen atoms in total. The molecule has 0 radical (unpaired) electrons. The molecule has 8 fully saturated rings. The lowest BCUT2D eigenvalue weighted by molar-refractivity contribution is -0.150. The van der Waals surface area contributed by atoms with Crippen LogP contribution in [0.4, 0.5) is 0 Å². The number of fused-ring (bicyclic) bond motifs is 9. The van der Waals surface area contributed by atoms with Gasteiger partial charge in [0.05, 0.1) is 18.1 Å². The number of carbonyl (C=O) groups is 3. The Hall–Kier alpha value is -2.75. The zero-order chi connectivity index (χ0) is 29.6. The first-order valence-electron chi connectivity index (χ1n) is 17.8. The minimum absolute atomic E-state index is 0.0143. The summed E-state index contributed by atoms with van der Waals surface area (Å²) in [6.07, 6.45) is 16.6. The van der Waals surface area contributed by atoms with Gasteiger partial charge in [-0.05, 0) is 87.7 Å². The minimum atomic E-state index is -0.541. The van der Waals surface area contributed by atoms with Crippen molar-refractivity contribution >= 4 is 17.9 Å². The minimum Gasteiger partial charge on any atom is -0.450 e.